The van der Waals surface area contributed by atoms with E-state index in [1.54, 1.807) is 39.5 Å². The summed E-state index contributed by atoms with van der Waals surface area (Å²) in [7, 11) is 4.73. The Bertz CT molecular complexity index is 1170. The smallest absolute Gasteiger partial charge is 0.174 e. The molecule has 0 heterocycles. The van der Waals surface area contributed by atoms with Crippen LogP contribution < -0.4 is 18.9 Å². The van der Waals surface area contributed by atoms with Crippen molar-refractivity contribution in [1.82, 2.24) is 0 Å². The van der Waals surface area contributed by atoms with Gasteiger partial charge in [0.15, 0.2) is 23.0 Å². The number of ether oxygens (including phenoxy) is 4. The van der Waals surface area contributed by atoms with Crippen molar-refractivity contribution in [3.8, 4) is 29.1 Å². The van der Waals surface area contributed by atoms with Crippen LogP contribution >= 0.6 is 34.2 Å². The van der Waals surface area contributed by atoms with Gasteiger partial charge in [0.25, 0.3) is 0 Å². The fraction of sp³-hybridized carbons (Fsp3) is 0.160. The molecule has 0 radical (unpaired) electrons. The van der Waals surface area contributed by atoms with Crippen molar-refractivity contribution >= 4 is 45.8 Å². The van der Waals surface area contributed by atoms with Gasteiger partial charge in [-0.1, -0.05) is 23.7 Å². The summed E-state index contributed by atoms with van der Waals surface area (Å²) in [6.07, 6.45) is 1.80. The average Bonchev–Trinajstić information content (AvgIpc) is 2.82. The van der Waals surface area contributed by atoms with Crippen LogP contribution in [0.25, 0.3) is 11.6 Å². The molecule has 0 aliphatic carbocycles. The van der Waals surface area contributed by atoms with Crippen LogP contribution in [0.5, 0.6) is 23.0 Å². The van der Waals surface area contributed by atoms with Crippen LogP contribution in [0.3, 0.4) is 0 Å². The number of methoxy groups -OCH3 is 3. The molecule has 0 aliphatic rings. The highest BCUT2D eigenvalue weighted by Gasteiger charge is 2.13. The summed E-state index contributed by atoms with van der Waals surface area (Å²) in [6, 6.07) is 18.9. The van der Waals surface area contributed by atoms with Gasteiger partial charge in [-0.05, 0) is 87.8 Å². The quantitative estimate of drug-likeness (QED) is 0.176. The highest BCUT2D eigenvalue weighted by atomic mass is 127. The SMILES string of the molecule is COc1ccc(/C(C#N)=C/c2cc(I)c(OCc3ccc(Cl)cc3)c(OC)c2)cc1OC. The highest BCUT2D eigenvalue weighted by Crippen LogP contribution is 2.36. The Hall–Kier alpha value is -2.89. The van der Waals surface area contributed by atoms with E-state index < -0.39 is 0 Å². The van der Waals surface area contributed by atoms with Crippen molar-refractivity contribution in [2.45, 2.75) is 6.61 Å². The fourth-order valence-electron chi connectivity index (χ4n) is 3.05. The second-order valence-corrected chi connectivity index (χ2v) is 8.29. The third kappa shape index (κ3) is 5.67. The third-order valence-electron chi connectivity index (χ3n) is 4.67. The lowest BCUT2D eigenvalue weighted by molar-refractivity contribution is 0.282. The summed E-state index contributed by atoms with van der Waals surface area (Å²) in [4.78, 5) is 0. The van der Waals surface area contributed by atoms with Crippen LogP contribution in [-0.2, 0) is 6.61 Å². The van der Waals surface area contributed by atoms with Gasteiger partial charge in [-0.15, -0.1) is 0 Å². The van der Waals surface area contributed by atoms with Crippen LogP contribution in [0, 0.1) is 14.9 Å². The van der Waals surface area contributed by atoms with E-state index in [9.17, 15) is 5.26 Å². The predicted octanol–water partition coefficient (Wildman–Crippen LogP) is 6.61. The Morgan fingerprint density at radius 3 is 2.25 bits per heavy atom. The van der Waals surface area contributed by atoms with Gasteiger partial charge in [0.1, 0.15) is 6.61 Å². The minimum Gasteiger partial charge on any atom is -0.493 e. The van der Waals surface area contributed by atoms with E-state index in [4.69, 9.17) is 30.5 Å². The maximum absolute atomic E-state index is 9.75. The molecule has 0 bridgehead atoms. The fourth-order valence-corrected chi connectivity index (χ4v) is 3.96. The Morgan fingerprint density at radius 2 is 1.62 bits per heavy atom. The minimum atomic E-state index is 0.383. The molecule has 0 spiro atoms. The number of benzene rings is 3. The largest absolute Gasteiger partial charge is 0.493 e. The number of hydrogen-bond acceptors (Lipinski definition) is 5. The molecule has 0 atom stereocenters. The van der Waals surface area contributed by atoms with E-state index in [1.165, 1.54) is 0 Å². The molecule has 0 saturated carbocycles. The van der Waals surface area contributed by atoms with Crippen LogP contribution in [0.4, 0.5) is 0 Å². The van der Waals surface area contributed by atoms with Crippen molar-refractivity contribution in [1.29, 1.82) is 5.26 Å². The van der Waals surface area contributed by atoms with E-state index in [1.807, 2.05) is 42.5 Å². The predicted molar refractivity (Wildman–Crippen MR) is 135 cm³/mol. The molecule has 0 unspecified atom stereocenters. The maximum Gasteiger partial charge on any atom is 0.174 e. The Balaban J connectivity index is 1.90. The summed E-state index contributed by atoms with van der Waals surface area (Å²) >= 11 is 8.15. The zero-order valence-electron chi connectivity index (χ0n) is 17.8. The topological polar surface area (TPSA) is 60.7 Å². The maximum atomic E-state index is 9.75. The van der Waals surface area contributed by atoms with Crippen molar-refractivity contribution in [3.63, 3.8) is 0 Å². The molecule has 0 amide bonds. The van der Waals surface area contributed by atoms with Gasteiger partial charge in [0, 0.05) is 5.02 Å². The van der Waals surface area contributed by atoms with Gasteiger partial charge in [-0.2, -0.15) is 5.26 Å². The number of rotatable bonds is 8. The number of hydrogen-bond donors (Lipinski definition) is 0. The molecule has 164 valence electrons. The molecule has 0 aliphatic heterocycles. The summed E-state index contributed by atoms with van der Waals surface area (Å²) in [6.45, 7) is 0.383. The number of nitriles is 1. The normalized spacial score (nSPS) is 10.9. The van der Waals surface area contributed by atoms with Gasteiger partial charge < -0.3 is 18.9 Å². The monoisotopic (exact) mass is 561 g/mol. The summed E-state index contributed by atoms with van der Waals surface area (Å²) in [5, 5.41) is 10.4. The van der Waals surface area contributed by atoms with Gasteiger partial charge in [-0.25, -0.2) is 0 Å². The van der Waals surface area contributed by atoms with Crippen molar-refractivity contribution in [2.24, 2.45) is 0 Å². The van der Waals surface area contributed by atoms with Gasteiger partial charge in [0.05, 0.1) is 36.5 Å². The lowest BCUT2D eigenvalue weighted by Crippen LogP contribution is -2.00. The first kappa shape index (κ1) is 23.8. The minimum absolute atomic E-state index is 0.383. The molecular formula is C25H21ClINO4. The summed E-state index contributed by atoms with van der Waals surface area (Å²) in [5.74, 6) is 2.39. The first-order chi connectivity index (χ1) is 15.5. The van der Waals surface area contributed by atoms with Crippen LogP contribution in [0.1, 0.15) is 16.7 Å². The second-order valence-electron chi connectivity index (χ2n) is 6.69. The van der Waals surface area contributed by atoms with Gasteiger partial charge in [-0.3, -0.25) is 0 Å². The van der Waals surface area contributed by atoms with E-state index in [2.05, 4.69) is 28.7 Å². The Morgan fingerprint density at radius 1 is 0.938 bits per heavy atom. The van der Waals surface area contributed by atoms with Gasteiger partial charge >= 0.3 is 0 Å². The first-order valence-corrected chi connectivity index (χ1v) is 11.0. The molecule has 0 aromatic heterocycles. The zero-order valence-corrected chi connectivity index (χ0v) is 20.7. The van der Waals surface area contributed by atoms with E-state index in [-0.39, 0.29) is 0 Å². The number of nitrogens with zero attached hydrogens (tertiary/aromatic N) is 1. The Kier molecular flexibility index (Phi) is 8.26. The molecule has 0 saturated heterocycles. The zero-order chi connectivity index (χ0) is 23.1. The van der Waals surface area contributed by atoms with Crippen LogP contribution in [0.2, 0.25) is 5.02 Å². The molecule has 3 aromatic rings. The van der Waals surface area contributed by atoms with Crippen LogP contribution in [0.15, 0.2) is 54.6 Å². The standard InChI is InChI=1S/C25H21ClINO4/c1-29-22-9-6-18(13-23(22)30-2)19(14-28)10-17-11-21(27)25(24(12-17)31-3)32-15-16-4-7-20(26)8-5-16/h4-13H,15H2,1-3H3/b19-10+. The molecule has 0 fully saturated rings. The average molecular weight is 562 g/mol. The van der Waals surface area contributed by atoms with Crippen LogP contribution in [-0.4, -0.2) is 21.3 Å². The highest BCUT2D eigenvalue weighted by molar-refractivity contribution is 14.1. The van der Waals surface area contributed by atoms with Crippen molar-refractivity contribution in [3.05, 3.63) is 79.9 Å². The first-order valence-electron chi connectivity index (χ1n) is 9.58. The molecule has 7 heteroatoms. The van der Waals surface area contributed by atoms with Crippen molar-refractivity contribution in [2.75, 3.05) is 21.3 Å². The molecule has 0 N–H and O–H groups in total. The van der Waals surface area contributed by atoms with Gasteiger partial charge in [0.2, 0.25) is 0 Å². The van der Waals surface area contributed by atoms with E-state index >= 15 is 0 Å². The molecular weight excluding hydrogens is 541 g/mol. The molecule has 32 heavy (non-hydrogen) atoms. The van der Waals surface area contributed by atoms with E-state index in [0.717, 1.165) is 20.3 Å². The molecule has 3 aromatic carbocycles. The lowest BCUT2D eigenvalue weighted by atomic mass is 10.0. The Labute approximate surface area is 206 Å². The second kappa shape index (κ2) is 11.1. The molecule has 3 rings (SSSR count). The number of allylic oxidation sites excluding steroid dienone is 1. The molecule has 5 nitrogen and oxygen atoms in total. The number of halogens is 2. The summed E-state index contributed by atoms with van der Waals surface area (Å²) in [5.41, 5.74) is 3.02. The lowest BCUT2D eigenvalue weighted by Gasteiger charge is -2.14. The van der Waals surface area contributed by atoms with Crippen molar-refractivity contribution < 1.29 is 18.9 Å². The summed E-state index contributed by atoms with van der Waals surface area (Å²) < 4.78 is 23.1. The third-order valence-corrected chi connectivity index (χ3v) is 5.73. The van der Waals surface area contributed by atoms with E-state index in [0.29, 0.717) is 40.2 Å².